The summed E-state index contributed by atoms with van der Waals surface area (Å²) in [5.41, 5.74) is 1.01. The maximum atomic E-state index is 10.7. The molecule has 5 nitrogen and oxygen atoms in total. The molecule has 3 aliphatic carbocycles. The second-order valence-corrected chi connectivity index (χ2v) is 9.23. The lowest BCUT2D eigenvalue weighted by Crippen LogP contribution is -2.59. The minimum Gasteiger partial charge on any atom is -0.481 e. The van der Waals surface area contributed by atoms with Gasteiger partial charge in [-0.15, -0.1) is 0 Å². The number of hydrogen-bond acceptors (Lipinski definition) is 4. The Hall–Kier alpha value is -0.910. The summed E-state index contributed by atoms with van der Waals surface area (Å²) >= 11 is 0. The van der Waals surface area contributed by atoms with Gasteiger partial charge in [0, 0.05) is 19.4 Å². The lowest BCUT2D eigenvalue weighted by atomic mass is 9.52. The molecule has 0 aliphatic heterocycles. The van der Waals surface area contributed by atoms with E-state index in [4.69, 9.17) is 9.84 Å². The number of methoxy groups -OCH3 is 1. The number of unbranched alkanes of at least 4 members (excludes halogenated alkanes) is 1. The molecule has 0 amide bonds. The number of carboxylic acid groups (broad SMARTS) is 1. The van der Waals surface area contributed by atoms with Gasteiger partial charge in [0.2, 0.25) is 0 Å². The number of carboxylic acids is 1. The average Bonchev–Trinajstić information content (AvgIpc) is 2.68. The van der Waals surface area contributed by atoms with Crippen molar-refractivity contribution in [2.45, 2.75) is 101 Å². The molecular formula is C23H38O5. The SMILES string of the molecule is CO[C@@]12CC[C@H](O)[C@@H](CCC(O)C3CCCCC3)[C@@H]1CC2=CCCCC(=O)O. The minimum absolute atomic E-state index is 0.183. The zero-order valence-corrected chi connectivity index (χ0v) is 17.3. The Bertz CT molecular complexity index is 553. The molecule has 3 fully saturated rings. The number of fused-ring (bicyclic) bond motifs is 1. The third-order valence-corrected chi connectivity index (χ3v) is 7.74. The highest BCUT2D eigenvalue weighted by Gasteiger charge is 2.58. The van der Waals surface area contributed by atoms with Crippen molar-refractivity contribution in [3.8, 4) is 0 Å². The molecule has 1 unspecified atom stereocenters. The van der Waals surface area contributed by atoms with Crippen molar-refractivity contribution in [3.63, 3.8) is 0 Å². The van der Waals surface area contributed by atoms with Crippen LogP contribution in [0.25, 0.3) is 0 Å². The first-order valence-electron chi connectivity index (χ1n) is 11.3. The van der Waals surface area contributed by atoms with Crippen LogP contribution in [0.3, 0.4) is 0 Å². The molecule has 28 heavy (non-hydrogen) atoms. The van der Waals surface area contributed by atoms with Gasteiger partial charge in [0.1, 0.15) is 0 Å². The van der Waals surface area contributed by atoms with Gasteiger partial charge in [-0.2, -0.15) is 0 Å². The predicted octanol–water partition coefficient (Wildman–Crippen LogP) is 4.07. The number of aliphatic carboxylic acids is 1. The van der Waals surface area contributed by atoms with Crippen molar-refractivity contribution in [3.05, 3.63) is 11.6 Å². The van der Waals surface area contributed by atoms with E-state index in [1.807, 2.05) is 0 Å². The lowest BCUT2D eigenvalue weighted by Gasteiger charge is -2.58. The summed E-state index contributed by atoms with van der Waals surface area (Å²) < 4.78 is 6.01. The van der Waals surface area contributed by atoms with Gasteiger partial charge in [0.25, 0.3) is 0 Å². The molecule has 3 saturated carbocycles. The smallest absolute Gasteiger partial charge is 0.303 e. The minimum atomic E-state index is -0.747. The molecule has 5 atom stereocenters. The van der Waals surface area contributed by atoms with E-state index in [0.29, 0.717) is 18.3 Å². The van der Waals surface area contributed by atoms with Crippen molar-refractivity contribution in [1.82, 2.24) is 0 Å². The number of aliphatic hydroxyl groups is 2. The molecule has 0 aromatic rings. The third-order valence-electron chi connectivity index (χ3n) is 7.74. The number of aliphatic hydroxyl groups excluding tert-OH is 2. The summed E-state index contributed by atoms with van der Waals surface area (Å²) in [6.45, 7) is 0. The molecule has 3 rings (SSSR count). The Kier molecular flexibility index (Phi) is 7.57. The van der Waals surface area contributed by atoms with Crippen molar-refractivity contribution < 1.29 is 24.9 Å². The van der Waals surface area contributed by atoms with Crippen molar-refractivity contribution in [1.29, 1.82) is 0 Å². The summed E-state index contributed by atoms with van der Waals surface area (Å²) in [5.74, 6) is 0.185. The van der Waals surface area contributed by atoms with Crippen LogP contribution in [0.5, 0.6) is 0 Å². The molecule has 3 N–H and O–H groups in total. The Balaban J connectivity index is 1.57. The molecule has 0 aromatic carbocycles. The largest absolute Gasteiger partial charge is 0.481 e. The van der Waals surface area contributed by atoms with E-state index in [1.54, 1.807) is 7.11 Å². The zero-order chi connectivity index (χ0) is 20.1. The summed E-state index contributed by atoms with van der Waals surface area (Å²) in [7, 11) is 1.77. The number of rotatable bonds is 9. The predicted molar refractivity (Wildman–Crippen MR) is 108 cm³/mol. The molecule has 0 heterocycles. The maximum absolute atomic E-state index is 10.7. The third kappa shape index (κ3) is 4.63. The van der Waals surface area contributed by atoms with Crippen LogP contribution in [0.15, 0.2) is 11.6 Å². The first kappa shape index (κ1) is 21.8. The fourth-order valence-corrected chi connectivity index (χ4v) is 6.05. The summed E-state index contributed by atoms with van der Waals surface area (Å²) in [6, 6.07) is 0. The van der Waals surface area contributed by atoms with E-state index in [-0.39, 0.29) is 30.1 Å². The van der Waals surface area contributed by atoms with Crippen molar-refractivity contribution in [2.75, 3.05) is 7.11 Å². The number of allylic oxidation sites excluding steroid dienone is 1. The Morgan fingerprint density at radius 1 is 1.29 bits per heavy atom. The first-order chi connectivity index (χ1) is 13.5. The standard InChI is InChI=1S/C23H38O5/c1-28-23-14-13-21(25)18(11-12-20(24)16-7-3-2-4-8-16)19(23)15-17(23)9-5-6-10-22(26)27/h9,16,18-21,24-25H,2-8,10-15H2,1H3,(H,26,27)/t18-,19-,20?,21-,23+/m0/s1. The van der Waals surface area contributed by atoms with E-state index >= 15 is 0 Å². The van der Waals surface area contributed by atoms with Crippen molar-refractivity contribution in [2.24, 2.45) is 17.8 Å². The molecule has 160 valence electrons. The topological polar surface area (TPSA) is 87.0 Å². The van der Waals surface area contributed by atoms with Gasteiger partial charge in [-0.1, -0.05) is 25.3 Å². The fourth-order valence-electron chi connectivity index (χ4n) is 6.05. The van der Waals surface area contributed by atoms with Crippen LogP contribution in [0.1, 0.15) is 83.5 Å². The van der Waals surface area contributed by atoms with Gasteiger partial charge in [0.15, 0.2) is 0 Å². The van der Waals surface area contributed by atoms with Crippen LogP contribution < -0.4 is 0 Å². The zero-order valence-electron chi connectivity index (χ0n) is 17.3. The molecule has 0 saturated heterocycles. The van der Waals surface area contributed by atoms with Crippen LogP contribution >= 0.6 is 0 Å². The average molecular weight is 395 g/mol. The van der Waals surface area contributed by atoms with E-state index in [9.17, 15) is 15.0 Å². The van der Waals surface area contributed by atoms with E-state index in [2.05, 4.69) is 6.08 Å². The van der Waals surface area contributed by atoms with E-state index < -0.39 is 5.97 Å². The summed E-state index contributed by atoms with van der Waals surface area (Å²) in [4.78, 5) is 10.7. The molecule has 0 spiro atoms. The van der Waals surface area contributed by atoms with E-state index in [0.717, 1.165) is 51.4 Å². The van der Waals surface area contributed by atoms with Gasteiger partial charge in [-0.25, -0.2) is 0 Å². The van der Waals surface area contributed by atoms with Crippen LogP contribution in [0, 0.1) is 17.8 Å². The van der Waals surface area contributed by atoms with Crippen LogP contribution in [0.4, 0.5) is 0 Å². The van der Waals surface area contributed by atoms with Gasteiger partial charge in [0.05, 0.1) is 17.8 Å². The number of carbonyl (C=O) groups is 1. The molecule has 0 radical (unpaired) electrons. The lowest BCUT2D eigenvalue weighted by molar-refractivity contribution is -0.155. The Morgan fingerprint density at radius 2 is 2.04 bits per heavy atom. The maximum Gasteiger partial charge on any atom is 0.303 e. The highest BCUT2D eigenvalue weighted by Crippen LogP contribution is 2.58. The van der Waals surface area contributed by atoms with E-state index in [1.165, 1.54) is 24.8 Å². The van der Waals surface area contributed by atoms with Gasteiger partial charge < -0.3 is 20.1 Å². The Labute approximate surface area is 169 Å². The highest BCUT2D eigenvalue weighted by molar-refractivity contribution is 5.66. The van der Waals surface area contributed by atoms with Crippen LogP contribution in [0.2, 0.25) is 0 Å². The second kappa shape index (κ2) is 9.73. The van der Waals surface area contributed by atoms with Crippen LogP contribution in [-0.2, 0) is 9.53 Å². The summed E-state index contributed by atoms with van der Waals surface area (Å²) in [5, 5.41) is 30.1. The quantitative estimate of drug-likeness (QED) is 0.405. The number of hydrogen-bond donors (Lipinski definition) is 3. The van der Waals surface area contributed by atoms with Gasteiger partial charge in [-0.3, -0.25) is 4.79 Å². The van der Waals surface area contributed by atoms with Crippen LogP contribution in [-0.4, -0.2) is 46.2 Å². The van der Waals surface area contributed by atoms with Gasteiger partial charge in [-0.05, 0) is 75.2 Å². The molecular weight excluding hydrogens is 356 g/mol. The normalized spacial score (nSPS) is 36.0. The first-order valence-corrected chi connectivity index (χ1v) is 11.3. The monoisotopic (exact) mass is 394 g/mol. The van der Waals surface area contributed by atoms with Gasteiger partial charge >= 0.3 is 5.97 Å². The highest BCUT2D eigenvalue weighted by atomic mass is 16.5. The molecule has 0 aromatic heterocycles. The molecule has 5 heteroatoms. The van der Waals surface area contributed by atoms with Crippen molar-refractivity contribution >= 4 is 5.97 Å². The fraction of sp³-hybridized carbons (Fsp3) is 0.870. The Morgan fingerprint density at radius 3 is 2.71 bits per heavy atom. The summed E-state index contributed by atoms with van der Waals surface area (Å²) in [6.07, 6.45) is 13.5. The number of ether oxygens (including phenoxy) is 1. The second-order valence-electron chi connectivity index (χ2n) is 9.23. The molecule has 0 bridgehead atoms. The molecule has 3 aliphatic rings.